The second-order valence-electron chi connectivity index (χ2n) is 6.33. The van der Waals surface area contributed by atoms with Gasteiger partial charge in [-0.15, -0.1) is 0 Å². The molecule has 2 N–H and O–H groups in total. The molecule has 2 aliphatic rings. The van der Waals surface area contributed by atoms with E-state index in [1.807, 2.05) is 19.9 Å². The molecule has 0 unspecified atom stereocenters. The average Bonchev–Trinajstić information content (AvgIpc) is 3.10. The lowest BCUT2D eigenvalue weighted by molar-refractivity contribution is -0.0948. The molecular weight excluding hydrogens is 254 g/mol. The monoisotopic (exact) mass is 277 g/mol. The molecule has 1 aromatic heterocycles. The Kier molecular flexibility index (Phi) is 3.12. The van der Waals surface area contributed by atoms with E-state index in [-0.39, 0.29) is 11.3 Å². The Morgan fingerprint density at radius 3 is 2.65 bits per heavy atom. The summed E-state index contributed by atoms with van der Waals surface area (Å²) < 4.78 is 1.72. The minimum atomic E-state index is -0.527. The lowest BCUT2D eigenvalue weighted by Gasteiger charge is -2.44. The Balaban J connectivity index is 1.65. The second kappa shape index (κ2) is 4.58. The van der Waals surface area contributed by atoms with Crippen LogP contribution in [0.3, 0.4) is 0 Å². The molecular formula is C15H23N3O2. The van der Waals surface area contributed by atoms with Crippen molar-refractivity contribution in [3.05, 3.63) is 17.5 Å². The fourth-order valence-corrected chi connectivity index (χ4v) is 3.31. The van der Waals surface area contributed by atoms with Gasteiger partial charge in [-0.1, -0.05) is 0 Å². The Hall–Kier alpha value is -1.36. The smallest absolute Gasteiger partial charge is 0.269 e. The van der Waals surface area contributed by atoms with Gasteiger partial charge in [-0.25, -0.2) is 0 Å². The molecule has 0 spiro atoms. The fourth-order valence-electron chi connectivity index (χ4n) is 3.31. The molecule has 0 radical (unpaired) electrons. The summed E-state index contributed by atoms with van der Waals surface area (Å²) in [6.07, 6.45) is 4.92. The highest BCUT2D eigenvalue weighted by Gasteiger charge is 2.60. The van der Waals surface area contributed by atoms with E-state index >= 15 is 0 Å². The molecule has 0 atom stereocenters. The summed E-state index contributed by atoms with van der Waals surface area (Å²) in [5.41, 5.74) is 0.881. The van der Waals surface area contributed by atoms with E-state index in [0.29, 0.717) is 18.8 Å². The summed E-state index contributed by atoms with van der Waals surface area (Å²) >= 11 is 0. The first-order chi connectivity index (χ1) is 9.50. The average molecular weight is 277 g/mol. The minimum absolute atomic E-state index is 0.0625. The fraction of sp³-hybridized carbons (Fsp3) is 0.733. The molecule has 2 fully saturated rings. The van der Waals surface area contributed by atoms with Crippen molar-refractivity contribution < 1.29 is 9.90 Å². The van der Waals surface area contributed by atoms with E-state index in [0.717, 1.165) is 37.8 Å². The molecule has 0 aromatic carbocycles. The first-order valence-corrected chi connectivity index (χ1v) is 7.55. The maximum atomic E-state index is 12.3. The highest BCUT2D eigenvalue weighted by Crippen LogP contribution is 2.60. The number of aliphatic hydroxyl groups is 1. The van der Waals surface area contributed by atoms with Gasteiger partial charge in [-0.05, 0) is 52.0 Å². The number of amides is 1. The molecule has 1 heterocycles. The molecule has 110 valence electrons. The van der Waals surface area contributed by atoms with Crippen LogP contribution in [0.25, 0.3) is 0 Å². The van der Waals surface area contributed by atoms with E-state index in [2.05, 4.69) is 10.4 Å². The van der Waals surface area contributed by atoms with Crippen molar-refractivity contribution in [2.24, 2.45) is 5.41 Å². The van der Waals surface area contributed by atoms with Crippen LogP contribution in [0, 0.1) is 12.3 Å². The van der Waals surface area contributed by atoms with E-state index in [4.69, 9.17) is 0 Å². The van der Waals surface area contributed by atoms with Crippen LogP contribution < -0.4 is 5.32 Å². The quantitative estimate of drug-likeness (QED) is 0.859. The maximum absolute atomic E-state index is 12.3. The van der Waals surface area contributed by atoms with Crippen molar-refractivity contribution >= 4 is 5.91 Å². The van der Waals surface area contributed by atoms with Crippen LogP contribution in [0.1, 0.15) is 55.2 Å². The number of hydrogen-bond donors (Lipinski definition) is 2. The van der Waals surface area contributed by atoms with Crippen molar-refractivity contribution in [1.29, 1.82) is 0 Å². The molecule has 5 heteroatoms. The number of aryl methyl sites for hydroxylation is 2. The molecule has 0 saturated heterocycles. The first-order valence-electron chi connectivity index (χ1n) is 7.55. The Labute approximate surface area is 119 Å². The van der Waals surface area contributed by atoms with Gasteiger partial charge in [0.15, 0.2) is 0 Å². The molecule has 2 aliphatic carbocycles. The lowest BCUT2D eigenvalue weighted by atomic mass is 9.69. The maximum Gasteiger partial charge on any atom is 0.269 e. The minimum Gasteiger partial charge on any atom is -0.389 e. The number of aromatic nitrogens is 2. The van der Waals surface area contributed by atoms with E-state index in [1.165, 1.54) is 0 Å². The second-order valence-corrected chi connectivity index (χ2v) is 6.33. The zero-order valence-electron chi connectivity index (χ0n) is 12.3. The standard InChI is InChI=1S/C15H23N3O2/c1-3-18-12(9-11(2)17-18)13(19)16-10-14(7-8-14)15(20)5-4-6-15/h9,20H,3-8,10H2,1-2H3,(H,16,19). The third-order valence-corrected chi connectivity index (χ3v) is 5.04. The van der Waals surface area contributed by atoms with Gasteiger partial charge >= 0.3 is 0 Å². The molecule has 0 aliphatic heterocycles. The van der Waals surface area contributed by atoms with Crippen LogP contribution in [0.15, 0.2) is 6.07 Å². The number of nitrogens with one attached hydrogen (secondary N) is 1. The van der Waals surface area contributed by atoms with Crippen molar-refractivity contribution in [2.45, 2.75) is 58.1 Å². The predicted octanol–water partition coefficient (Wildman–Crippen LogP) is 1.64. The SMILES string of the molecule is CCn1nc(C)cc1C(=O)NCC1(C2(O)CCC2)CC1. The molecule has 20 heavy (non-hydrogen) atoms. The number of hydrogen-bond acceptors (Lipinski definition) is 3. The number of carbonyl (C=O) groups is 1. The summed E-state index contributed by atoms with van der Waals surface area (Å²) in [5.74, 6) is -0.0818. The van der Waals surface area contributed by atoms with Crippen LogP contribution in [-0.2, 0) is 6.54 Å². The van der Waals surface area contributed by atoms with Gasteiger partial charge < -0.3 is 10.4 Å². The van der Waals surface area contributed by atoms with Gasteiger partial charge in [0, 0.05) is 18.5 Å². The largest absolute Gasteiger partial charge is 0.389 e. The molecule has 1 amide bonds. The molecule has 3 rings (SSSR count). The third-order valence-electron chi connectivity index (χ3n) is 5.04. The highest BCUT2D eigenvalue weighted by atomic mass is 16.3. The topological polar surface area (TPSA) is 67.2 Å². The Morgan fingerprint density at radius 2 is 2.15 bits per heavy atom. The zero-order chi connectivity index (χ0) is 14.4. The van der Waals surface area contributed by atoms with E-state index < -0.39 is 5.60 Å². The van der Waals surface area contributed by atoms with Crippen LogP contribution in [0.2, 0.25) is 0 Å². The van der Waals surface area contributed by atoms with Crippen molar-refractivity contribution in [1.82, 2.24) is 15.1 Å². The predicted molar refractivity (Wildman–Crippen MR) is 75.4 cm³/mol. The van der Waals surface area contributed by atoms with Gasteiger partial charge in [0.05, 0.1) is 11.3 Å². The molecule has 2 saturated carbocycles. The summed E-state index contributed by atoms with van der Waals surface area (Å²) in [5, 5.41) is 17.8. The van der Waals surface area contributed by atoms with Gasteiger partial charge in [0.25, 0.3) is 5.91 Å². The van der Waals surface area contributed by atoms with Crippen molar-refractivity contribution in [2.75, 3.05) is 6.54 Å². The summed E-state index contributed by atoms with van der Waals surface area (Å²) in [7, 11) is 0. The lowest BCUT2D eigenvalue weighted by Crippen LogP contribution is -2.51. The van der Waals surface area contributed by atoms with Crippen LogP contribution in [0.5, 0.6) is 0 Å². The zero-order valence-corrected chi connectivity index (χ0v) is 12.3. The van der Waals surface area contributed by atoms with Gasteiger partial charge in [0.2, 0.25) is 0 Å². The molecule has 0 bridgehead atoms. The summed E-state index contributed by atoms with van der Waals surface area (Å²) in [4.78, 5) is 12.3. The number of carbonyl (C=O) groups excluding carboxylic acids is 1. The van der Waals surface area contributed by atoms with Gasteiger partial charge in [0.1, 0.15) is 5.69 Å². The highest BCUT2D eigenvalue weighted by molar-refractivity contribution is 5.92. The van der Waals surface area contributed by atoms with E-state index in [1.54, 1.807) is 4.68 Å². The Morgan fingerprint density at radius 1 is 1.45 bits per heavy atom. The summed E-state index contributed by atoms with van der Waals surface area (Å²) in [6.45, 7) is 5.13. The Bertz CT molecular complexity index is 527. The van der Waals surface area contributed by atoms with Crippen molar-refractivity contribution in [3.8, 4) is 0 Å². The molecule has 5 nitrogen and oxygen atoms in total. The third kappa shape index (κ3) is 2.04. The number of rotatable bonds is 5. The molecule has 1 aromatic rings. The number of nitrogens with zero attached hydrogens (tertiary/aromatic N) is 2. The first kappa shape index (κ1) is 13.6. The van der Waals surface area contributed by atoms with Gasteiger partial charge in [-0.2, -0.15) is 5.10 Å². The summed E-state index contributed by atoms with van der Waals surface area (Å²) in [6, 6.07) is 1.82. The van der Waals surface area contributed by atoms with Crippen LogP contribution in [0.4, 0.5) is 0 Å². The van der Waals surface area contributed by atoms with E-state index in [9.17, 15) is 9.90 Å². The van der Waals surface area contributed by atoms with Crippen LogP contribution >= 0.6 is 0 Å². The van der Waals surface area contributed by atoms with Crippen LogP contribution in [-0.4, -0.2) is 32.9 Å². The van der Waals surface area contributed by atoms with Gasteiger partial charge in [-0.3, -0.25) is 9.48 Å². The normalized spacial score (nSPS) is 22.1. The van der Waals surface area contributed by atoms with Crippen molar-refractivity contribution in [3.63, 3.8) is 0 Å².